The van der Waals surface area contributed by atoms with Gasteiger partial charge >= 0.3 is 0 Å². The first-order chi connectivity index (χ1) is 10.8. The van der Waals surface area contributed by atoms with E-state index in [2.05, 4.69) is 4.72 Å². The molecule has 0 radical (unpaired) electrons. The molecule has 0 atom stereocenters. The second-order valence-electron chi connectivity index (χ2n) is 6.11. The number of piperidine rings is 1. The number of nitrogens with two attached hydrogens (primary N) is 1. The average molecular weight is 359 g/mol. The molecule has 1 aliphatic carbocycles. The third-order valence-electron chi connectivity index (χ3n) is 4.15. The van der Waals surface area contributed by atoms with E-state index in [0.29, 0.717) is 25.9 Å². The molecule has 0 bridgehead atoms. The Bertz CT molecular complexity index is 780. The van der Waals surface area contributed by atoms with Crippen molar-refractivity contribution in [1.82, 2.24) is 9.03 Å². The van der Waals surface area contributed by atoms with Crippen molar-refractivity contribution in [2.45, 2.75) is 47.6 Å². The van der Waals surface area contributed by atoms with E-state index in [0.717, 1.165) is 12.8 Å². The summed E-state index contributed by atoms with van der Waals surface area (Å²) in [6.45, 7) is 0.724. The van der Waals surface area contributed by atoms with Crippen LogP contribution in [-0.4, -0.2) is 46.3 Å². The molecule has 128 valence electrons. The first kappa shape index (κ1) is 16.8. The molecule has 1 saturated carbocycles. The minimum Gasteiger partial charge on any atom is -0.328 e. The van der Waals surface area contributed by atoms with E-state index in [1.807, 2.05) is 0 Å². The number of hydrogen-bond donors (Lipinski definition) is 2. The largest absolute Gasteiger partial charge is 0.328 e. The zero-order valence-electron chi connectivity index (χ0n) is 12.7. The minimum atomic E-state index is -3.70. The van der Waals surface area contributed by atoms with Crippen molar-refractivity contribution in [3.63, 3.8) is 0 Å². The van der Waals surface area contributed by atoms with Crippen molar-refractivity contribution in [2.75, 3.05) is 13.1 Å². The first-order valence-corrected chi connectivity index (χ1v) is 10.6. The Morgan fingerprint density at radius 3 is 2.22 bits per heavy atom. The molecule has 3 N–H and O–H groups in total. The molecular weight excluding hydrogens is 338 g/mol. The van der Waals surface area contributed by atoms with E-state index in [1.165, 1.54) is 28.6 Å². The lowest BCUT2D eigenvalue weighted by molar-refractivity contribution is 0.320. The molecule has 1 aliphatic heterocycles. The number of benzene rings is 1. The van der Waals surface area contributed by atoms with Gasteiger partial charge in [-0.15, -0.1) is 0 Å². The summed E-state index contributed by atoms with van der Waals surface area (Å²) in [5, 5.41) is 0. The molecular formula is C14H21N3O4S2. The monoisotopic (exact) mass is 359 g/mol. The van der Waals surface area contributed by atoms with Crippen molar-refractivity contribution in [3.8, 4) is 0 Å². The van der Waals surface area contributed by atoms with Gasteiger partial charge in [-0.3, -0.25) is 0 Å². The number of rotatable bonds is 5. The SMILES string of the molecule is NC1CCN(S(=O)(=O)c2cccc(S(=O)(=O)NC3CC3)c2)CC1. The van der Waals surface area contributed by atoms with E-state index >= 15 is 0 Å². The molecule has 1 aromatic rings. The van der Waals surface area contributed by atoms with Crippen molar-refractivity contribution in [3.05, 3.63) is 24.3 Å². The highest BCUT2D eigenvalue weighted by atomic mass is 32.2. The molecule has 23 heavy (non-hydrogen) atoms. The van der Waals surface area contributed by atoms with Crippen LogP contribution >= 0.6 is 0 Å². The van der Waals surface area contributed by atoms with Gasteiger partial charge in [0.1, 0.15) is 0 Å². The predicted molar refractivity (Wildman–Crippen MR) is 85.8 cm³/mol. The molecule has 0 unspecified atom stereocenters. The fourth-order valence-electron chi connectivity index (χ4n) is 2.56. The summed E-state index contributed by atoms with van der Waals surface area (Å²) in [6.07, 6.45) is 2.87. The lowest BCUT2D eigenvalue weighted by atomic mass is 10.1. The molecule has 7 nitrogen and oxygen atoms in total. The Labute approximate surface area is 137 Å². The number of sulfonamides is 2. The number of nitrogens with one attached hydrogen (secondary N) is 1. The summed E-state index contributed by atoms with van der Waals surface area (Å²) in [7, 11) is -7.37. The fraction of sp³-hybridized carbons (Fsp3) is 0.571. The predicted octanol–water partition coefficient (Wildman–Crippen LogP) is 0.239. The topological polar surface area (TPSA) is 110 Å². The van der Waals surface area contributed by atoms with Gasteiger partial charge in [-0.25, -0.2) is 21.6 Å². The maximum absolute atomic E-state index is 12.7. The van der Waals surface area contributed by atoms with E-state index in [1.54, 1.807) is 0 Å². The second kappa shape index (κ2) is 6.14. The quantitative estimate of drug-likeness (QED) is 0.782. The Morgan fingerprint density at radius 2 is 1.61 bits per heavy atom. The molecule has 1 saturated heterocycles. The van der Waals surface area contributed by atoms with Gasteiger partial charge < -0.3 is 5.73 Å². The maximum Gasteiger partial charge on any atom is 0.243 e. The van der Waals surface area contributed by atoms with Crippen molar-refractivity contribution >= 4 is 20.0 Å². The van der Waals surface area contributed by atoms with Crippen LogP contribution in [0.15, 0.2) is 34.1 Å². The fourth-order valence-corrected chi connectivity index (χ4v) is 5.50. The van der Waals surface area contributed by atoms with Gasteiger partial charge in [0.2, 0.25) is 20.0 Å². The maximum atomic E-state index is 12.7. The van der Waals surface area contributed by atoms with Crippen LogP contribution in [0.3, 0.4) is 0 Å². The lowest BCUT2D eigenvalue weighted by Crippen LogP contribution is -2.42. The first-order valence-electron chi connectivity index (χ1n) is 7.67. The molecule has 0 aromatic heterocycles. The van der Waals surface area contributed by atoms with Crippen molar-refractivity contribution in [2.24, 2.45) is 5.73 Å². The van der Waals surface area contributed by atoms with Crippen LogP contribution in [0.25, 0.3) is 0 Å². The highest BCUT2D eigenvalue weighted by Gasteiger charge is 2.31. The van der Waals surface area contributed by atoms with Gasteiger partial charge in [0.05, 0.1) is 9.79 Å². The van der Waals surface area contributed by atoms with Crippen LogP contribution < -0.4 is 10.5 Å². The van der Waals surface area contributed by atoms with Crippen LogP contribution in [0, 0.1) is 0 Å². The van der Waals surface area contributed by atoms with Crippen molar-refractivity contribution in [1.29, 1.82) is 0 Å². The summed E-state index contributed by atoms with van der Waals surface area (Å²) in [4.78, 5) is -0.00849. The minimum absolute atomic E-state index is 0.00615. The summed E-state index contributed by atoms with van der Waals surface area (Å²) in [5.41, 5.74) is 5.80. The molecule has 2 fully saturated rings. The van der Waals surface area contributed by atoms with Gasteiger partial charge in [-0.1, -0.05) is 6.07 Å². The van der Waals surface area contributed by atoms with Gasteiger partial charge in [0.15, 0.2) is 0 Å². The zero-order chi connectivity index (χ0) is 16.7. The smallest absolute Gasteiger partial charge is 0.243 e. The van der Waals surface area contributed by atoms with Gasteiger partial charge in [0.25, 0.3) is 0 Å². The van der Waals surface area contributed by atoms with E-state index in [4.69, 9.17) is 5.73 Å². The van der Waals surface area contributed by atoms with Crippen LogP contribution in [0.1, 0.15) is 25.7 Å². The third-order valence-corrected chi connectivity index (χ3v) is 7.56. The Morgan fingerprint density at radius 1 is 1.00 bits per heavy atom. The van der Waals surface area contributed by atoms with Crippen LogP contribution in [0.5, 0.6) is 0 Å². The summed E-state index contributed by atoms with van der Waals surface area (Å²) in [6, 6.07) is 5.54. The lowest BCUT2D eigenvalue weighted by Gasteiger charge is -2.29. The molecule has 2 aliphatic rings. The Kier molecular flexibility index (Phi) is 4.49. The summed E-state index contributed by atoms with van der Waals surface area (Å²) < 4.78 is 53.8. The molecule has 1 heterocycles. The van der Waals surface area contributed by atoms with Crippen LogP contribution in [-0.2, 0) is 20.0 Å². The summed E-state index contributed by atoms with van der Waals surface area (Å²) in [5.74, 6) is 0. The molecule has 9 heteroatoms. The number of nitrogens with zero attached hydrogens (tertiary/aromatic N) is 1. The molecule has 3 rings (SSSR count). The molecule has 0 spiro atoms. The van der Waals surface area contributed by atoms with E-state index in [-0.39, 0.29) is 21.9 Å². The van der Waals surface area contributed by atoms with Gasteiger partial charge in [-0.2, -0.15) is 4.31 Å². The summed E-state index contributed by atoms with van der Waals surface area (Å²) >= 11 is 0. The average Bonchev–Trinajstić information content (AvgIpc) is 3.31. The Hall–Kier alpha value is -1.00. The van der Waals surface area contributed by atoms with Crippen molar-refractivity contribution < 1.29 is 16.8 Å². The zero-order valence-corrected chi connectivity index (χ0v) is 14.3. The highest BCUT2D eigenvalue weighted by Crippen LogP contribution is 2.25. The highest BCUT2D eigenvalue weighted by molar-refractivity contribution is 7.90. The van der Waals surface area contributed by atoms with Crippen LogP contribution in [0.2, 0.25) is 0 Å². The van der Waals surface area contributed by atoms with E-state index < -0.39 is 20.0 Å². The van der Waals surface area contributed by atoms with Gasteiger partial charge in [0, 0.05) is 25.2 Å². The molecule has 0 amide bonds. The van der Waals surface area contributed by atoms with E-state index in [9.17, 15) is 16.8 Å². The Balaban J connectivity index is 1.86. The standard InChI is InChI=1S/C14H21N3O4S2/c15-11-6-8-17(9-7-11)23(20,21)14-3-1-2-13(10-14)22(18,19)16-12-4-5-12/h1-3,10-12,16H,4-9,15H2. The molecule has 1 aromatic carbocycles. The van der Waals surface area contributed by atoms with Crippen LogP contribution in [0.4, 0.5) is 0 Å². The third kappa shape index (κ3) is 3.74. The number of hydrogen-bond acceptors (Lipinski definition) is 5. The normalized spacial score (nSPS) is 21.4. The second-order valence-corrected chi connectivity index (χ2v) is 9.76. The van der Waals surface area contributed by atoms with Gasteiger partial charge in [-0.05, 0) is 43.9 Å².